The SMILES string of the molecule is CCCCCCCCCCCCCCCCCCCCCCOC(=O)CC[C@H](NC(=O)CCCCCCCCCCCCCCC)C(=O)OCCCCCCCCCCCCCCCCCCCCCC. The zero-order chi connectivity index (χ0) is 51.4. The number of ether oxygens (including phenoxy) is 2. The van der Waals surface area contributed by atoms with E-state index in [-0.39, 0.29) is 24.7 Å². The number of hydrogen-bond acceptors (Lipinski definition) is 5. The first kappa shape index (κ1) is 69.4. The predicted molar refractivity (Wildman–Crippen MR) is 309 cm³/mol. The van der Waals surface area contributed by atoms with E-state index in [4.69, 9.17) is 9.47 Å². The van der Waals surface area contributed by atoms with Crippen LogP contribution in [0, 0.1) is 0 Å². The first-order valence-electron chi connectivity index (χ1n) is 32.7. The molecule has 1 amide bonds. The fourth-order valence-corrected chi connectivity index (χ4v) is 10.3. The van der Waals surface area contributed by atoms with Gasteiger partial charge in [0.05, 0.1) is 13.2 Å². The summed E-state index contributed by atoms with van der Waals surface area (Å²) in [4.78, 5) is 39.0. The Balaban J connectivity index is 4.22. The van der Waals surface area contributed by atoms with Crippen molar-refractivity contribution in [3.8, 4) is 0 Å². The molecule has 0 spiro atoms. The summed E-state index contributed by atoms with van der Waals surface area (Å²) in [6.07, 6.45) is 70.6. The van der Waals surface area contributed by atoms with Crippen LogP contribution in [0.2, 0.25) is 0 Å². The van der Waals surface area contributed by atoms with Crippen LogP contribution in [0.4, 0.5) is 0 Å². The third-order valence-electron chi connectivity index (χ3n) is 15.3. The highest BCUT2D eigenvalue weighted by Crippen LogP contribution is 2.18. The molecule has 0 aliphatic heterocycles. The van der Waals surface area contributed by atoms with Crippen LogP contribution in [0.5, 0.6) is 0 Å². The van der Waals surface area contributed by atoms with Gasteiger partial charge in [-0.05, 0) is 25.7 Å². The van der Waals surface area contributed by atoms with Gasteiger partial charge in [0.2, 0.25) is 5.91 Å². The summed E-state index contributed by atoms with van der Waals surface area (Å²) in [7, 11) is 0. The first-order valence-corrected chi connectivity index (χ1v) is 32.7. The molecular weight excluding hydrogens is 875 g/mol. The van der Waals surface area contributed by atoms with Crippen molar-refractivity contribution < 1.29 is 23.9 Å². The Hall–Kier alpha value is -1.59. The van der Waals surface area contributed by atoms with E-state index in [1.807, 2.05) is 0 Å². The van der Waals surface area contributed by atoms with Crippen LogP contribution in [0.25, 0.3) is 0 Å². The molecule has 0 fully saturated rings. The van der Waals surface area contributed by atoms with Gasteiger partial charge in [-0.2, -0.15) is 0 Å². The van der Waals surface area contributed by atoms with Crippen molar-refractivity contribution in [2.45, 2.75) is 386 Å². The molecule has 0 bridgehead atoms. The zero-order valence-electron chi connectivity index (χ0n) is 48.6. The second-order valence-corrected chi connectivity index (χ2v) is 22.5. The molecule has 422 valence electrons. The Labute approximate surface area is 444 Å². The Morgan fingerprint density at radius 2 is 0.507 bits per heavy atom. The van der Waals surface area contributed by atoms with Gasteiger partial charge < -0.3 is 14.8 Å². The lowest BCUT2D eigenvalue weighted by atomic mass is 10.0. The number of amides is 1. The summed E-state index contributed by atoms with van der Waals surface area (Å²) in [5.74, 6) is -0.824. The molecular formula is C65H127NO5. The summed E-state index contributed by atoms with van der Waals surface area (Å²) < 4.78 is 11.3. The molecule has 0 saturated carbocycles. The Bertz CT molecular complexity index is 1060. The summed E-state index contributed by atoms with van der Waals surface area (Å²) >= 11 is 0. The Morgan fingerprint density at radius 3 is 0.775 bits per heavy atom. The lowest BCUT2D eigenvalue weighted by Crippen LogP contribution is -2.42. The number of esters is 2. The largest absolute Gasteiger partial charge is 0.466 e. The lowest BCUT2D eigenvalue weighted by Gasteiger charge is -2.18. The van der Waals surface area contributed by atoms with Crippen molar-refractivity contribution >= 4 is 17.8 Å². The van der Waals surface area contributed by atoms with E-state index in [9.17, 15) is 14.4 Å². The summed E-state index contributed by atoms with van der Waals surface area (Å²) in [5, 5.41) is 2.94. The maximum Gasteiger partial charge on any atom is 0.328 e. The smallest absolute Gasteiger partial charge is 0.328 e. The molecule has 0 unspecified atom stereocenters. The second kappa shape index (κ2) is 61.0. The van der Waals surface area contributed by atoms with Gasteiger partial charge in [0.1, 0.15) is 6.04 Å². The van der Waals surface area contributed by atoms with Gasteiger partial charge in [0, 0.05) is 12.8 Å². The van der Waals surface area contributed by atoms with Gasteiger partial charge in [-0.1, -0.05) is 342 Å². The third-order valence-corrected chi connectivity index (χ3v) is 15.3. The quantitative estimate of drug-likeness (QED) is 0.0485. The van der Waals surface area contributed by atoms with Crippen molar-refractivity contribution in [1.29, 1.82) is 0 Å². The minimum absolute atomic E-state index is 0.108. The van der Waals surface area contributed by atoms with Gasteiger partial charge in [0.15, 0.2) is 0 Å². The molecule has 6 nitrogen and oxygen atoms in total. The fourth-order valence-electron chi connectivity index (χ4n) is 10.3. The topological polar surface area (TPSA) is 81.7 Å². The Morgan fingerprint density at radius 1 is 0.282 bits per heavy atom. The molecule has 0 aromatic rings. The molecule has 0 rings (SSSR count). The summed E-state index contributed by atoms with van der Waals surface area (Å²) in [5.41, 5.74) is 0. The second-order valence-electron chi connectivity index (χ2n) is 22.5. The summed E-state index contributed by atoms with van der Waals surface area (Å²) in [6.45, 7) is 7.65. The van der Waals surface area contributed by atoms with E-state index in [1.165, 1.54) is 295 Å². The van der Waals surface area contributed by atoms with Gasteiger partial charge in [0.25, 0.3) is 0 Å². The molecule has 6 heteroatoms. The molecule has 0 aromatic heterocycles. The van der Waals surface area contributed by atoms with E-state index in [0.717, 1.165) is 44.9 Å². The van der Waals surface area contributed by atoms with Crippen molar-refractivity contribution in [2.24, 2.45) is 0 Å². The van der Waals surface area contributed by atoms with Crippen LogP contribution in [0.3, 0.4) is 0 Å². The lowest BCUT2D eigenvalue weighted by molar-refractivity contribution is -0.149. The molecule has 0 aromatic carbocycles. The molecule has 1 N–H and O–H groups in total. The normalized spacial score (nSPS) is 11.9. The molecule has 0 aliphatic rings. The number of hydrogen-bond donors (Lipinski definition) is 1. The zero-order valence-corrected chi connectivity index (χ0v) is 48.6. The van der Waals surface area contributed by atoms with Gasteiger partial charge in [-0.25, -0.2) is 4.79 Å². The minimum Gasteiger partial charge on any atom is -0.466 e. The number of carbonyl (C=O) groups is 3. The van der Waals surface area contributed by atoms with Crippen molar-refractivity contribution in [1.82, 2.24) is 5.32 Å². The third kappa shape index (κ3) is 57.5. The number of carbonyl (C=O) groups excluding carboxylic acids is 3. The van der Waals surface area contributed by atoms with Gasteiger partial charge >= 0.3 is 11.9 Å². The van der Waals surface area contributed by atoms with E-state index < -0.39 is 12.0 Å². The van der Waals surface area contributed by atoms with Crippen LogP contribution in [0.15, 0.2) is 0 Å². The molecule has 0 saturated heterocycles. The summed E-state index contributed by atoms with van der Waals surface area (Å²) in [6, 6.07) is -0.804. The van der Waals surface area contributed by atoms with Crippen LogP contribution >= 0.6 is 0 Å². The average molecular weight is 1000 g/mol. The number of unbranched alkanes of at least 4 members (excludes halogenated alkanes) is 50. The van der Waals surface area contributed by atoms with E-state index in [0.29, 0.717) is 19.6 Å². The molecule has 71 heavy (non-hydrogen) atoms. The van der Waals surface area contributed by atoms with E-state index in [1.54, 1.807) is 0 Å². The van der Waals surface area contributed by atoms with Crippen LogP contribution in [0.1, 0.15) is 380 Å². The molecule has 0 heterocycles. The maximum atomic E-state index is 13.2. The number of nitrogens with one attached hydrogen (secondary N) is 1. The van der Waals surface area contributed by atoms with Crippen molar-refractivity contribution in [2.75, 3.05) is 13.2 Å². The highest BCUT2D eigenvalue weighted by molar-refractivity contribution is 5.85. The molecule has 0 aliphatic carbocycles. The van der Waals surface area contributed by atoms with Gasteiger partial charge in [-0.15, -0.1) is 0 Å². The minimum atomic E-state index is -0.804. The number of rotatable bonds is 61. The average Bonchev–Trinajstić information content (AvgIpc) is 3.37. The van der Waals surface area contributed by atoms with Crippen molar-refractivity contribution in [3.63, 3.8) is 0 Å². The Kier molecular flexibility index (Phi) is 59.6. The van der Waals surface area contributed by atoms with Crippen LogP contribution < -0.4 is 5.32 Å². The molecule has 0 radical (unpaired) electrons. The monoisotopic (exact) mass is 1000 g/mol. The van der Waals surface area contributed by atoms with Crippen LogP contribution in [-0.2, 0) is 23.9 Å². The first-order chi connectivity index (χ1) is 35.0. The fraction of sp³-hybridized carbons (Fsp3) is 0.954. The van der Waals surface area contributed by atoms with E-state index >= 15 is 0 Å². The predicted octanol–water partition coefficient (Wildman–Crippen LogP) is 21.5. The highest BCUT2D eigenvalue weighted by Gasteiger charge is 2.23. The van der Waals surface area contributed by atoms with Crippen molar-refractivity contribution in [3.05, 3.63) is 0 Å². The van der Waals surface area contributed by atoms with E-state index in [2.05, 4.69) is 26.1 Å². The van der Waals surface area contributed by atoms with Crippen LogP contribution in [-0.4, -0.2) is 37.1 Å². The maximum absolute atomic E-state index is 13.2. The standard InChI is InChI=1S/C65H127NO5/c1-4-7-10-13-16-19-22-25-27-29-31-33-35-37-40-43-46-49-52-55-60-70-64(68)59-58-62(66-63(67)57-54-51-48-45-42-39-24-21-18-15-12-9-6-3)65(69)71-61-56-53-50-47-44-41-38-36-34-32-30-28-26-23-20-17-14-11-8-5-2/h62H,4-61H2,1-3H3,(H,66,67)/t62-/m0/s1. The van der Waals surface area contributed by atoms with Gasteiger partial charge in [-0.3, -0.25) is 9.59 Å². The molecule has 1 atom stereocenters. The highest BCUT2D eigenvalue weighted by atomic mass is 16.5.